The molecule has 2 N–H and O–H groups in total. The molecule has 1 atom stereocenters. The molecular formula is C22H36IN7O. The Labute approximate surface area is 202 Å². The molecule has 1 aliphatic heterocycles. The molecule has 0 aliphatic carbocycles. The molecule has 0 bridgehead atoms. The Balaban J connectivity index is 0.00000341. The summed E-state index contributed by atoms with van der Waals surface area (Å²) in [5.74, 6) is 2.70. The van der Waals surface area contributed by atoms with Crippen LogP contribution >= 0.6 is 24.0 Å². The average Bonchev–Trinajstić information content (AvgIpc) is 3.44. The molecule has 1 fully saturated rings. The van der Waals surface area contributed by atoms with E-state index in [1.165, 1.54) is 19.4 Å². The van der Waals surface area contributed by atoms with Crippen LogP contribution in [0.5, 0.6) is 5.75 Å². The number of aliphatic imine (C=N–C) groups is 1. The first-order valence-electron chi connectivity index (χ1n) is 11.0. The largest absolute Gasteiger partial charge is 0.497 e. The first-order chi connectivity index (χ1) is 14.7. The molecule has 1 aliphatic rings. The fourth-order valence-corrected chi connectivity index (χ4v) is 3.91. The van der Waals surface area contributed by atoms with Gasteiger partial charge in [-0.2, -0.15) is 0 Å². The number of aromatic nitrogens is 3. The van der Waals surface area contributed by atoms with Crippen molar-refractivity contribution in [3.8, 4) is 5.75 Å². The zero-order valence-corrected chi connectivity index (χ0v) is 21.2. The van der Waals surface area contributed by atoms with Gasteiger partial charge in [0.15, 0.2) is 5.96 Å². The number of guanidine groups is 1. The van der Waals surface area contributed by atoms with Crippen molar-refractivity contribution >= 4 is 29.9 Å². The van der Waals surface area contributed by atoms with Crippen LogP contribution < -0.4 is 15.4 Å². The molecule has 1 unspecified atom stereocenters. The number of benzene rings is 1. The van der Waals surface area contributed by atoms with Gasteiger partial charge in [0.25, 0.3) is 0 Å². The first-order valence-corrected chi connectivity index (χ1v) is 11.0. The Kier molecular flexibility index (Phi) is 11.1. The minimum Gasteiger partial charge on any atom is -0.497 e. The van der Waals surface area contributed by atoms with Crippen molar-refractivity contribution in [3.05, 3.63) is 42.0 Å². The van der Waals surface area contributed by atoms with Crippen LogP contribution in [0.15, 0.2) is 35.6 Å². The first kappa shape index (κ1) is 25.4. The summed E-state index contributed by atoms with van der Waals surface area (Å²) >= 11 is 0. The highest BCUT2D eigenvalue weighted by Gasteiger charge is 2.22. The summed E-state index contributed by atoms with van der Waals surface area (Å²) in [5.41, 5.74) is 1.12. The second kappa shape index (κ2) is 13.5. The van der Waals surface area contributed by atoms with Gasteiger partial charge in [0, 0.05) is 32.1 Å². The summed E-state index contributed by atoms with van der Waals surface area (Å²) in [5, 5.41) is 15.2. The fourth-order valence-electron chi connectivity index (χ4n) is 3.91. The monoisotopic (exact) mass is 541 g/mol. The van der Waals surface area contributed by atoms with E-state index in [1.807, 2.05) is 18.2 Å². The highest BCUT2D eigenvalue weighted by atomic mass is 127. The number of hydrogen-bond donors (Lipinski definition) is 2. The highest BCUT2D eigenvalue weighted by molar-refractivity contribution is 14.0. The van der Waals surface area contributed by atoms with Crippen LogP contribution in [0, 0.1) is 0 Å². The van der Waals surface area contributed by atoms with Crippen molar-refractivity contribution < 1.29 is 4.74 Å². The summed E-state index contributed by atoms with van der Waals surface area (Å²) < 4.78 is 7.41. The van der Waals surface area contributed by atoms with Gasteiger partial charge in [-0.05, 0) is 43.6 Å². The predicted molar refractivity (Wildman–Crippen MR) is 135 cm³/mol. The van der Waals surface area contributed by atoms with Crippen LogP contribution in [0.4, 0.5) is 0 Å². The number of methoxy groups -OCH3 is 1. The number of nitrogens with zero attached hydrogens (tertiary/aromatic N) is 5. The van der Waals surface area contributed by atoms with Crippen LogP contribution in [0.25, 0.3) is 0 Å². The molecule has 0 spiro atoms. The highest BCUT2D eigenvalue weighted by Crippen LogP contribution is 2.16. The fraction of sp³-hybridized carbons (Fsp3) is 0.591. The topological polar surface area (TPSA) is 79.6 Å². The van der Waals surface area contributed by atoms with Gasteiger partial charge < -0.3 is 19.9 Å². The molecule has 0 amide bonds. The molecule has 2 heterocycles. The van der Waals surface area contributed by atoms with Gasteiger partial charge in [-0.1, -0.05) is 26.0 Å². The lowest BCUT2D eigenvalue weighted by molar-refractivity contribution is 0.267. The normalized spacial score (nSPS) is 16.7. The van der Waals surface area contributed by atoms with Gasteiger partial charge in [0.1, 0.15) is 17.9 Å². The van der Waals surface area contributed by atoms with Gasteiger partial charge in [-0.15, -0.1) is 34.2 Å². The van der Waals surface area contributed by atoms with Crippen molar-refractivity contribution in [2.45, 2.75) is 52.2 Å². The third kappa shape index (κ3) is 7.64. The zero-order chi connectivity index (χ0) is 21.2. The maximum atomic E-state index is 5.33. The number of likely N-dealkylation sites (tertiary alicyclic amines) is 1. The molecule has 1 aromatic carbocycles. The van der Waals surface area contributed by atoms with E-state index in [1.54, 1.807) is 13.4 Å². The van der Waals surface area contributed by atoms with Crippen molar-refractivity contribution in [1.29, 1.82) is 0 Å². The van der Waals surface area contributed by atoms with Crippen molar-refractivity contribution in [2.24, 2.45) is 4.99 Å². The minimum atomic E-state index is 0. The van der Waals surface area contributed by atoms with E-state index in [-0.39, 0.29) is 24.0 Å². The zero-order valence-electron chi connectivity index (χ0n) is 18.9. The third-order valence-corrected chi connectivity index (χ3v) is 5.62. The second-order valence-corrected chi connectivity index (χ2v) is 7.54. The summed E-state index contributed by atoms with van der Waals surface area (Å²) in [6, 6.07) is 8.63. The standard InChI is InChI=1S/C22H35N7O.HI/c1-4-21-27-26-17-29(21)13-11-23-22(25-16-19-9-7-12-28(19)5-2)24-15-18-8-6-10-20(14-18)30-3;/h6,8,10,14,17,19H,4-5,7,9,11-13,15-16H2,1-3H3,(H2,23,24,25);1H. The Morgan fingerprint density at radius 2 is 2.16 bits per heavy atom. The Hall–Kier alpha value is -1.88. The number of likely N-dealkylation sites (N-methyl/N-ethyl adjacent to an activating group) is 1. The van der Waals surface area contributed by atoms with Crippen LogP contribution in [-0.4, -0.2) is 65.0 Å². The van der Waals surface area contributed by atoms with Gasteiger partial charge in [-0.3, -0.25) is 4.90 Å². The molecule has 0 saturated carbocycles. The van der Waals surface area contributed by atoms with Crippen molar-refractivity contribution in [1.82, 2.24) is 30.3 Å². The van der Waals surface area contributed by atoms with Crippen LogP contribution in [0.2, 0.25) is 0 Å². The molecule has 3 rings (SSSR count). The van der Waals surface area contributed by atoms with Gasteiger partial charge in [0.05, 0.1) is 13.7 Å². The number of rotatable bonds is 10. The lowest BCUT2D eigenvalue weighted by atomic mass is 10.2. The quantitative estimate of drug-likeness (QED) is 0.274. The molecule has 8 nitrogen and oxygen atoms in total. The third-order valence-electron chi connectivity index (χ3n) is 5.62. The van der Waals surface area contributed by atoms with E-state index >= 15 is 0 Å². The minimum absolute atomic E-state index is 0. The molecule has 1 saturated heterocycles. The SMILES string of the molecule is CCc1nncn1CCNC(=NCc1cccc(OC)c1)NCC1CCCN1CC.I. The molecule has 9 heteroatoms. The molecule has 172 valence electrons. The summed E-state index contributed by atoms with van der Waals surface area (Å²) in [6.07, 6.45) is 5.18. The number of aryl methyl sites for hydroxylation is 1. The molecule has 0 radical (unpaired) electrons. The molecule has 2 aromatic rings. The summed E-state index contributed by atoms with van der Waals surface area (Å²) in [6.45, 7) is 9.70. The molecule has 31 heavy (non-hydrogen) atoms. The average molecular weight is 541 g/mol. The van der Waals surface area contributed by atoms with Crippen molar-refractivity contribution in [3.63, 3.8) is 0 Å². The lowest BCUT2D eigenvalue weighted by Gasteiger charge is -2.24. The number of hydrogen-bond acceptors (Lipinski definition) is 5. The Morgan fingerprint density at radius 1 is 1.29 bits per heavy atom. The molecule has 1 aromatic heterocycles. The maximum Gasteiger partial charge on any atom is 0.191 e. The number of ether oxygens (including phenoxy) is 1. The number of halogens is 1. The smallest absolute Gasteiger partial charge is 0.191 e. The number of nitrogens with one attached hydrogen (secondary N) is 2. The van der Waals surface area contributed by atoms with Gasteiger partial charge in [-0.25, -0.2) is 4.99 Å². The summed E-state index contributed by atoms with van der Waals surface area (Å²) in [4.78, 5) is 7.36. The maximum absolute atomic E-state index is 5.33. The van der Waals surface area contributed by atoms with E-state index in [0.29, 0.717) is 12.6 Å². The van der Waals surface area contributed by atoms with Crippen LogP contribution in [0.3, 0.4) is 0 Å². The van der Waals surface area contributed by atoms with Crippen molar-refractivity contribution in [2.75, 3.05) is 33.3 Å². The van der Waals surface area contributed by atoms with E-state index in [2.05, 4.69) is 50.2 Å². The Bertz CT molecular complexity index is 811. The summed E-state index contributed by atoms with van der Waals surface area (Å²) in [7, 11) is 1.69. The van der Waals surface area contributed by atoms with Gasteiger partial charge in [0.2, 0.25) is 0 Å². The van der Waals surface area contributed by atoms with Crippen LogP contribution in [-0.2, 0) is 19.5 Å². The van der Waals surface area contributed by atoms with E-state index in [9.17, 15) is 0 Å². The van der Waals surface area contributed by atoms with E-state index < -0.39 is 0 Å². The van der Waals surface area contributed by atoms with E-state index in [0.717, 1.165) is 55.7 Å². The second-order valence-electron chi connectivity index (χ2n) is 7.54. The lowest BCUT2D eigenvalue weighted by Crippen LogP contribution is -2.45. The molecular weight excluding hydrogens is 505 g/mol. The van der Waals surface area contributed by atoms with Crippen LogP contribution in [0.1, 0.15) is 38.1 Å². The van der Waals surface area contributed by atoms with E-state index in [4.69, 9.17) is 9.73 Å². The van der Waals surface area contributed by atoms with Gasteiger partial charge >= 0.3 is 0 Å². The Morgan fingerprint density at radius 3 is 2.94 bits per heavy atom. The predicted octanol–water partition coefficient (Wildman–Crippen LogP) is 2.69.